The highest BCUT2D eigenvalue weighted by Crippen LogP contribution is 2.25. The molecule has 1 atom stereocenters. The summed E-state index contributed by atoms with van der Waals surface area (Å²) in [6.45, 7) is 5.06. The second kappa shape index (κ2) is 6.21. The van der Waals surface area contributed by atoms with Crippen LogP contribution in [0.4, 0.5) is 0 Å². The minimum atomic E-state index is -0.420. The van der Waals surface area contributed by atoms with E-state index in [4.69, 9.17) is 4.74 Å². The van der Waals surface area contributed by atoms with Gasteiger partial charge >= 0.3 is 0 Å². The minimum absolute atomic E-state index is 0.420. The Labute approximate surface area is 109 Å². The molecule has 1 heterocycles. The molecule has 0 aliphatic carbocycles. The zero-order valence-corrected chi connectivity index (χ0v) is 11.4. The number of piperidine rings is 1. The van der Waals surface area contributed by atoms with E-state index >= 15 is 0 Å². The van der Waals surface area contributed by atoms with Gasteiger partial charge in [0, 0.05) is 12.1 Å². The quantitative estimate of drug-likeness (QED) is 0.890. The number of hydrogen-bond donors (Lipinski definition) is 1. The van der Waals surface area contributed by atoms with E-state index in [0.717, 1.165) is 17.9 Å². The smallest absolute Gasteiger partial charge is 0.123 e. The molecule has 1 aliphatic heterocycles. The fourth-order valence-corrected chi connectivity index (χ4v) is 2.54. The lowest BCUT2D eigenvalue weighted by atomic mass is 10.0. The monoisotopic (exact) mass is 249 g/mol. The van der Waals surface area contributed by atoms with Crippen LogP contribution in [0.2, 0.25) is 0 Å². The Morgan fingerprint density at radius 2 is 2.00 bits per heavy atom. The van der Waals surface area contributed by atoms with Gasteiger partial charge in [-0.05, 0) is 50.6 Å². The van der Waals surface area contributed by atoms with E-state index in [2.05, 4.69) is 11.0 Å². The van der Waals surface area contributed by atoms with Crippen molar-refractivity contribution in [3.63, 3.8) is 0 Å². The van der Waals surface area contributed by atoms with Crippen molar-refractivity contribution in [2.45, 2.75) is 38.8 Å². The average molecular weight is 249 g/mol. The van der Waals surface area contributed by atoms with Crippen LogP contribution in [-0.4, -0.2) is 30.2 Å². The van der Waals surface area contributed by atoms with Crippen molar-refractivity contribution in [2.75, 3.05) is 20.2 Å². The first-order valence-electron chi connectivity index (χ1n) is 6.78. The molecule has 1 N–H and O–H groups in total. The molecule has 1 aromatic rings. The van der Waals surface area contributed by atoms with E-state index in [1.54, 1.807) is 14.0 Å². The van der Waals surface area contributed by atoms with Gasteiger partial charge in [0.1, 0.15) is 5.75 Å². The van der Waals surface area contributed by atoms with Crippen LogP contribution in [0.3, 0.4) is 0 Å². The third-order valence-corrected chi connectivity index (χ3v) is 3.63. The van der Waals surface area contributed by atoms with Crippen LogP contribution in [0, 0.1) is 0 Å². The standard InChI is InChI=1S/C15H23NO2/c1-12(17)13-6-7-15(18-2)14(10-13)11-16-8-4-3-5-9-16/h6-7,10,12,17H,3-5,8-9,11H2,1-2H3. The van der Waals surface area contributed by atoms with Crippen molar-refractivity contribution in [3.8, 4) is 5.75 Å². The van der Waals surface area contributed by atoms with Crippen LogP contribution in [0.5, 0.6) is 5.75 Å². The normalized spacial score (nSPS) is 18.6. The summed E-state index contributed by atoms with van der Waals surface area (Å²) in [6.07, 6.45) is 3.51. The molecule has 1 saturated heterocycles. The number of aliphatic hydroxyl groups is 1. The number of methoxy groups -OCH3 is 1. The van der Waals surface area contributed by atoms with Gasteiger partial charge < -0.3 is 9.84 Å². The largest absolute Gasteiger partial charge is 0.496 e. The topological polar surface area (TPSA) is 32.7 Å². The Morgan fingerprint density at radius 3 is 2.61 bits per heavy atom. The summed E-state index contributed by atoms with van der Waals surface area (Å²) in [6, 6.07) is 5.96. The lowest BCUT2D eigenvalue weighted by Crippen LogP contribution is -2.29. The summed E-state index contributed by atoms with van der Waals surface area (Å²) in [7, 11) is 1.71. The number of aliphatic hydroxyl groups excluding tert-OH is 1. The van der Waals surface area contributed by atoms with E-state index in [-0.39, 0.29) is 0 Å². The molecule has 0 saturated carbocycles. The van der Waals surface area contributed by atoms with Crippen molar-refractivity contribution in [2.24, 2.45) is 0 Å². The summed E-state index contributed by atoms with van der Waals surface area (Å²) >= 11 is 0. The summed E-state index contributed by atoms with van der Waals surface area (Å²) in [4.78, 5) is 2.47. The third kappa shape index (κ3) is 3.24. The van der Waals surface area contributed by atoms with Crippen molar-refractivity contribution in [3.05, 3.63) is 29.3 Å². The third-order valence-electron chi connectivity index (χ3n) is 3.63. The zero-order chi connectivity index (χ0) is 13.0. The number of nitrogens with zero attached hydrogens (tertiary/aromatic N) is 1. The van der Waals surface area contributed by atoms with Gasteiger partial charge in [-0.15, -0.1) is 0 Å². The van der Waals surface area contributed by atoms with Crippen molar-refractivity contribution >= 4 is 0 Å². The Morgan fingerprint density at radius 1 is 1.28 bits per heavy atom. The maximum atomic E-state index is 9.66. The molecular weight excluding hydrogens is 226 g/mol. The molecule has 0 radical (unpaired) electrons. The number of benzene rings is 1. The maximum Gasteiger partial charge on any atom is 0.123 e. The van der Waals surface area contributed by atoms with Gasteiger partial charge in [-0.1, -0.05) is 12.5 Å². The van der Waals surface area contributed by atoms with E-state index < -0.39 is 6.10 Å². The number of ether oxygens (including phenoxy) is 1. The molecule has 0 spiro atoms. The Kier molecular flexibility index (Phi) is 4.61. The van der Waals surface area contributed by atoms with Crippen LogP contribution in [0.1, 0.15) is 43.4 Å². The van der Waals surface area contributed by atoms with Gasteiger partial charge in [0.2, 0.25) is 0 Å². The highest BCUT2D eigenvalue weighted by Gasteiger charge is 2.14. The molecule has 1 aliphatic rings. The fraction of sp³-hybridized carbons (Fsp3) is 0.600. The van der Waals surface area contributed by atoms with E-state index in [1.807, 2.05) is 12.1 Å². The molecule has 2 rings (SSSR count). The molecule has 18 heavy (non-hydrogen) atoms. The van der Waals surface area contributed by atoms with Crippen molar-refractivity contribution in [1.82, 2.24) is 4.90 Å². The molecule has 1 aromatic carbocycles. The molecule has 3 heteroatoms. The molecule has 1 fully saturated rings. The second-order valence-electron chi connectivity index (χ2n) is 5.08. The van der Waals surface area contributed by atoms with Gasteiger partial charge in [-0.2, -0.15) is 0 Å². The first-order chi connectivity index (χ1) is 8.70. The van der Waals surface area contributed by atoms with Gasteiger partial charge in [-0.3, -0.25) is 4.90 Å². The van der Waals surface area contributed by atoms with Crippen LogP contribution in [0.15, 0.2) is 18.2 Å². The Balaban J connectivity index is 2.15. The van der Waals surface area contributed by atoms with Gasteiger partial charge in [-0.25, -0.2) is 0 Å². The lowest BCUT2D eigenvalue weighted by Gasteiger charge is -2.27. The van der Waals surface area contributed by atoms with E-state index in [9.17, 15) is 5.11 Å². The first kappa shape index (κ1) is 13.4. The highest BCUT2D eigenvalue weighted by molar-refractivity contribution is 5.38. The van der Waals surface area contributed by atoms with Crippen LogP contribution in [-0.2, 0) is 6.54 Å². The van der Waals surface area contributed by atoms with Crippen molar-refractivity contribution in [1.29, 1.82) is 0 Å². The van der Waals surface area contributed by atoms with Crippen LogP contribution < -0.4 is 4.74 Å². The van der Waals surface area contributed by atoms with E-state index in [0.29, 0.717) is 0 Å². The number of hydrogen-bond acceptors (Lipinski definition) is 3. The van der Waals surface area contributed by atoms with Crippen molar-refractivity contribution < 1.29 is 9.84 Å². The highest BCUT2D eigenvalue weighted by atomic mass is 16.5. The van der Waals surface area contributed by atoms with Crippen LogP contribution >= 0.6 is 0 Å². The average Bonchev–Trinajstić information content (AvgIpc) is 2.39. The first-order valence-corrected chi connectivity index (χ1v) is 6.78. The molecule has 100 valence electrons. The zero-order valence-electron chi connectivity index (χ0n) is 11.4. The van der Waals surface area contributed by atoms with Gasteiger partial charge in [0.25, 0.3) is 0 Å². The van der Waals surface area contributed by atoms with Gasteiger partial charge in [0.05, 0.1) is 13.2 Å². The summed E-state index contributed by atoms with van der Waals surface area (Å²) < 4.78 is 5.41. The lowest BCUT2D eigenvalue weighted by molar-refractivity contribution is 0.197. The fourth-order valence-electron chi connectivity index (χ4n) is 2.54. The Bertz CT molecular complexity index is 384. The van der Waals surface area contributed by atoms with Crippen LogP contribution in [0.25, 0.3) is 0 Å². The molecular formula is C15H23NO2. The molecule has 0 amide bonds. The van der Waals surface area contributed by atoms with Gasteiger partial charge in [0.15, 0.2) is 0 Å². The SMILES string of the molecule is COc1ccc(C(C)O)cc1CN1CCCCC1. The number of likely N-dealkylation sites (tertiary alicyclic amines) is 1. The predicted octanol–water partition coefficient (Wildman–Crippen LogP) is 2.73. The molecule has 3 nitrogen and oxygen atoms in total. The summed E-state index contributed by atoms with van der Waals surface area (Å²) in [5, 5.41) is 9.66. The predicted molar refractivity (Wildman–Crippen MR) is 72.8 cm³/mol. The number of rotatable bonds is 4. The van der Waals surface area contributed by atoms with E-state index in [1.165, 1.54) is 37.9 Å². The molecule has 0 bridgehead atoms. The molecule has 1 unspecified atom stereocenters. The second-order valence-corrected chi connectivity index (χ2v) is 5.08. The minimum Gasteiger partial charge on any atom is -0.496 e. The molecule has 0 aromatic heterocycles. The summed E-state index contributed by atoms with van der Waals surface area (Å²) in [5.41, 5.74) is 2.14. The maximum absolute atomic E-state index is 9.66. The summed E-state index contributed by atoms with van der Waals surface area (Å²) in [5.74, 6) is 0.921. The Hall–Kier alpha value is -1.06.